The number of hydrogen-bond donors (Lipinski definition) is 1. The summed E-state index contributed by atoms with van der Waals surface area (Å²) in [5.74, 6) is -0.0193. The largest absolute Gasteiger partial charge is 0.320 e. The van der Waals surface area contributed by atoms with Gasteiger partial charge >= 0.3 is 0 Å². The number of nitrogens with zero attached hydrogens (tertiary/aromatic N) is 1. The van der Waals surface area contributed by atoms with Crippen LogP contribution in [-0.4, -0.2) is 5.91 Å². The van der Waals surface area contributed by atoms with Crippen LogP contribution in [0.4, 0.5) is 5.69 Å². The Morgan fingerprint density at radius 1 is 1.20 bits per heavy atom. The van der Waals surface area contributed by atoms with E-state index in [0.717, 1.165) is 21.4 Å². The predicted octanol–water partition coefficient (Wildman–Crippen LogP) is 3.30. The molecule has 1 amide bonds. The van der Waals surface area contributed by atoms with Crippen molar-refractivity contribution in [2.75, 3.05) is 5.32 Å². The Morgan fingerprint density at radius 3 is 2.65 bits per heavy atom. The molecule has 0 unspecified atom stereocenters. The average molecular weight is 334 g/mol. The summed E-state index contributed by atoms with van der Waals surface area (Å²) in [6, 6.07) is 9.82. The minimum absolute atomic E-state index is 0.0193. The highest BCUT2D eigenvalue weighted by molar-refractivity contribution is 9.10. The summed E-state index contributed by atoms with van der Waals surface area (Å²) in [5.41, 5.74) is 4.18. The zero-order chi connectivity index (χ0) is 14.7. The lowest BCUT2D eigenvalue weighted by Crippen LogP contribution is -2.43. The highest BCUT2D eigenvalue weighted by Crippen LogP contribution is 2.19. The molecule has 0 aliphatic carbocycles. The van der Waals surface area contributed by atoms with Gasteiger partial charge in [-0.2, -0.15) is 4.57 Å². The Kier molecular flexibility index (Phi) is 4.55. The second-order valence-corrected chi connectivity index (χ2v) is 5.83. The highest BCUT2D eigenvalue weighted by Gasteiger charge is 2.14. The molecular formula is C16H18BrN2O+. The lowest BCUT2D eigenvalue weighted by Gasteiger charge is -2.08. The summed E-state index contributed by atoms with van der Waals surface area (Å²) in [4.78, 5) is 12.1. The Hall–Kier alpha value is -1.68. The quantitative estimate of drug-likeness (QED) is 0.859. The monoisotopic (exact) mass is 333 g/mol. The van der Waals surface area contributed by atoms with Crippen molar-refractivity contribution in [3.8, 4) is 0 Å². The number of anilines is 1. The Labute approximate surface area is 127 Å². The molecule has 4 heteroatoms. The number of hydrogen-bond acceptors (Lipinski definition) is 1. The second kappa shape index (κ2) is 6.18. The van der Waals surface area contributed by atoms with E-state index in [9.17, 15) is 4.79 Å². The van der Waals surface area contributed by atoms with Gasteiger partial charge in [0.1, 0.15) is 0 Å². The second-order valence-electron chi connectivity index (χ2n) is 4.91. The predicted molar refractivity (Wildman–Crippen MR) is 83.6 cm³/mol. The van der Waals surface area contributed by atoms with Gasteiger partial charge in [0.15, 0.2) is 11.9 Å². The molecule has 1 aromatic carbocycles. The molecule has 2 aromatic rings. The molecule has 1 aromatic heterocycles. The molecule has 0 atom stereocenters. The van der Waals surface area contributed by atoms with Crippen molar-refractivity contribution in [2.24, 2.45) is 0 Å². The van der Waals surface area contributed by atoms with E-state index in [4.69, 9.17) is 0 Å². The topological polar surface area (TPSA) is 33.0 Å². The summed E-state index contributed by atoms with van der Waals surface area (Å²) in [6.07, 6.45) is 1.93. The van der Waals surface area contributed by atoms with Crippen molar-refractivity contribution < 1.29 is 9.36 Å². The van der Waals surface area contributed by atoms with Crippen LogP contribution in [0.15, 0.2) is 41.0 Å². The standard InChI is InChI=1S/C16H17BrN2O/c1-11-5-4-8-19(13(11)3)10-16(20)18-15-7-6-14(17)9-12(15)2/h4-9H,10H2,1-3H3/p+1. The molecule has 0 aliphatic rings. The number of carbonyl (C=O) groups is 1. The van der Waals surface area contributed by atoms with E-state index >= 15 is 0 Å². The van der Waals surface area contributed by atoms with Gasteiger partial charge in [-0.3, -0.25) is 4.79 Å². The van der Waals surface area contributed by atoms with Crippen LogP contribution in [0.2, 0.25) is 0 Å². The van der Waals surface area contributed by atoms with Crippen molar-refractivity contribution in [3.63, 3.8) is 0 Å². The van der Waals surface area contributed by atoms with Gasteiger partial charge in [-0.25, -0.2) is 0 Å². The molecule has 1 heterocycles. The first-order chi connectivity index (χ1) is 9.47. The van der Waals surface area contributed by atoms with Crippen LogP contribution in [0.25, 0.3) is 0 Å². The van der Waals surface area contributed by atoms with E-state index in [1.54, 1.807) is 0 Å². The zero-order valence-corrected chi connectivity index (χ0v) is 13.5. The number of halogens is 1. The summed E-state index contributed by atoms with van der Waals surface area (Å²) in [5, 5.41) is 2.95. The van der Waals surface area contributed by atoms with E-state index in [-0.39, 0.29) is 5.91 Å². The van der Waals surface area contributed by atoms with Gasteiger partial charge in [0.2, 0.25) is 6.54 Å². The fourth-order valence-electron chi connectivity index (χ4n) is 2.03. The van der Waals surface area contributed by atoms with Crippen LogP contribution in [0.1, 0.15) is 16.8 Å². The van der Waals surface area contributed by atoms with E-state index in [0.29, 0.717) is 6.54 Å². The Morgan fingerprint density at radius 2 is 1.95 bits per heavy atom. The number of carbonyl (C=O) groups excluding carboxylic acids is 1. The molecule has 20 heavy (non-hydrogen) atoms. The van der Waals surface area contributed by atoms with E-state index in [1.165, 1.54) is 5.56 Å². The molecule has 2 rings (SSSR count). The van der Waals surface area contributed by atoms with E-state index in [2.05, 4.69) is 21.2 Å². The molecule has 0 spiro atoms. The normalized spacial score (nSPS) is 10.4. The lowest BCUT2D eigenvalue weighted by molar-refractivity contribution is -0.690. The zero-order valence-electron chi connectivity index (χ0n) is 11.9. The van der Waals surface area contributed by atoms with Gasteiger partial charge in [-0.05, 0) is 43.7 Å². The van der Waals surface area contributed by atoms with Crippen molar-refractivity contribution in [3.05, 3.63) is 57.8 Å². The fourth-order valence-corrected chi connectivity index (χ4v) is 2.51. The van der Waals surface area contributed by atoms with Crippen LogP contribution in [0.5, 0.6) is 0 Å². The van der Waals surface area contributed by atoms with Crippen molar-refractivity contribution >= 4 is 27.5 Å². The van der Waals surface area contributed by atoms with Crippen LogP contribution >= 0.6 is 15.9 Å². The molecular weight excluding hydrogens is 316 g/mol. The maximum absolute atomic E-state index is 12.1. The van der Waals surface area contributed by atoms with Gasteiger partial charge < -0.3 is 5.32 Å². The molecule has 0 saturated carbocycles. The molecule has 0 radical (unpaired) electrons. The Balaban J connectivity index is 2.11. The molecule has 0 saturated heterocycles. The van der Waals surface area contributed by atoms with Crippen LogP contribution < -0.4 is 9.88 Å². The molecule has 0 bridgehead atoms. The number of aromatic nitrogens is 1. The number of benzene rings is 1. The highest BCUT2D eigenvalue weighted by atomic mass is 79.9. The molecule has 0 fully saturated rings. The third-order valence-electron chi connectivity index (χ3n) is 3.39. The first kappa shape index (κ1) is 14.7. The van der Waals surface area contributed by atoms with Gasteiger partial charge in [-0.1, -0.05) is 15.9 Å². The smallest absolute Gasteiger partial charge is 0.290 e. The Bertz CT molecular complexity index is 653. The fraction of sp³-hybridized carbons (Fsp3) is 0.250. The molecule has 3 nitrogen and oxygen atoms in total. The van der Waals surface area contributed by atoms with Gasteiger partial charge in [0.05, 0.1) is 0 Å². The number of rotatable bonds is 3. The maximum Gasteiger partial charge on any atom is 0.290 e. The number of aryl methyl sites for hydroxylation is 2. The number of nitrogens with one attached hydrogen (secondary N) is 1. The van der Waals surface area contributed by atoms with Gasteiger partial charge in [-0.15, -0.1) is 0 Å². The minimum atomic E-state index is -0.0193. The number of amides is 1. The lowest BCUT2D eigenvalue weighted by atomic mass is 10.2. The maximum atomic E-state index is 12.1. The summed E-state index contributed by atoms with van der Waals surface area (Å²) < 4.78 is 2.97. The molecule has 0 aliphatic heterocycles. The molecule has 1 N–H and O–H groups in total. The van der Waals surface area contributed by atoms with Crippen molar-refractivity contribution in [1.29, 1.82) is 0 Å². The number of pyridine rings is 1. The summed E-state index contributed by atoms with van der Waals surface area (Å²) in [7, 11) is 0. The molecule has 104 valence electrons. The van der Waals surface area contributed by atoms with Gasteiger partial charge in [0, 0.05) is 28.7 Å². The first-order valence-electron chi connectivity index (χ1n) is 6.49. The van der Waals surface area contributed by atoms with Crippen LogP contribution in [0.3, 0.4) is 0 Å². The SMILES string of the molecule is Cc1cc(Br)ccc1NC(=O)C[n+]1cccc(C)c1C. The van der Waals surface area contributed by atoms with Crippen molar-refractivity contribution in [2.45, 2.75) is 27.3 Å². The van der Waals surface area contributed by atoms with Crippen LogP contribution in [-0.2, 0) is 11.3 Å². The van der Waals surface area contributed by atoms with E-state index in [1.807, 2.05) is 61.9 Å². The third-order valence-corrected chi connectivity index (χ3v) is 3.88. The summed E-state index contributed by atoms with van der Waals surface area (Å²) >= 11 is 3.42. The third kappa shape index (κ3) is 3.45. The average Bonchev–Trinajstić information content (AvgIpc) is 2.38. The van der Waals surface area contributed by atoms with Crippen molar-refractivity contribution in [1.82, 2.24) is 0 Å². The van der Waals surface area contributed by atoms with Crippen LogP contribution in [0, 0.1) is 20.8 Å². The first-order valence-corrected chi connectivity index (χ1v) is 7.28. The van der Waals surface area contributed by atoms with Gasteiger partial charge in [0.25, 0.3) is 5.91 Å². The summed E-state index contributed by atoms with van der Waals surface area (Å²) in [6.45, 7) is 6.37. The van der Waals surface area contributed by atoms with E-state index < -0.39 is 0 Å². The minimum Gasteiger partial charge on any atom is -0.320 e.